The number of anilines is 1. The Morgan fingerprint density at radius 2 is 1.90 bits per heavy atom. The second kappa shape index (κ2) is 14.9. The number of amides is 4. The molecule has 1 saturated heterocycles. The number of nitrogens with one attached hydrogen (secondary N) is 1. The van der Waals surface area contributed by atoms with Gasteiger partial charge in [0.25, 0.3) is 11.8 Å². The molecule has 0 bridgehead atoms. The van der Waals surface area contributed by atoms with Gasteiger partial charge in [0, 0.05) is 45.8 Å². The van der Waals surface area contributed by atoms with Crippen LogP contribution in [0.4, 0.5) is 23.7 Å². The first kappa shape index (κ1) is 37.3. The van der Waals surface area contributed by atoms with Crippen LogP contribution in [0, 0.1) is 6.92 Å². The van der Waals surface area contributed by atoms with Gasteiger partial charge in [-0.3, -0.25) is 14.4 Å². The highest BCUT2D eigenvalue weighted by Gasteiger charge is 2.48. The third kappa shape index (κ3) is 8.20. The molecule has 1 fully saturated rings. The topological polar surface area (TPSA) is 161 Å². The molecular weight excluding hydrogens is 657 g/mol. The first-order valence-corrected chi connectivity index (χ1v) is 15.9. The van der Waals surface area contributed by atoms with Crippen molar-refractivity contribution in [3.8, 4) is 5.75 Å². The van der Waals surface area contributed by atoms with Crippen LogP contribution in [-0.2, 0) is 31.8 Å². The Hall–Kier alpha value is -4.54. The van der Waals surface area contributed by atoms with E-state index in [1.54, 1.807) is 20.8 Å². The van der Waals surface area contributed by atoms with Crippen LogP contribution in [0.5, 0.6) is 5.75 Å². The van der Waals surface area contributed by atoms with Crippen molar-refractivity contribution in [1.29, 1.82) is 0 Å². The van der Waals surface area contributed by atoms with Gasteiger partial charge >= 0.3 is 18.1 Å². The van der Waals surface area contributed by atoms with E-state index in [1.165, 1.54) is 35.7 Å². The number of alkyl halides is 3. The molecule has 2 aromatic rings. The lowest BCUT2D eigenvalue weighted by atomic mass is 9.96. The molecule has 270 valence electrons. The van der Waals surface area contributed by atoms with Crippen molar-refractivity contribution in [2.24, 2.45) is 0 Å². The maximum absolute atomic E-state index is 14.7. The normalized spacial score (nSPS) is 19.4. The minimum atomic E-state index is -4.99. The summed E-state index contributed by atoms with van der Waals surface area (Å²) in [6, 6.07) is 0.414. The molecule has 4 amide bonds. The third-order valence-corrected chi connectivity index (χ3v) is 8.36. The number of carbonyl (C=O) groups is 4. The molecule has 1 unspecified atom stereocenters. The zero-order valence-electron chi connectivity index (χ0n) is 28.2. The van der Waals surface area contributed by atoms with Gasteiger partial charge in [0.1, 0.15) is 5.75 Å². The van der Waals surface area contributed by atoms with Crippen LogP contribution in [-0.4, -0.2) is 91.2 Å². The lowest BCUT2D eigenvalue weighted by Gasteiger charge is -2.42. The zero-order chi connectivity index (χ0) is 36.3. The smallest absolute Gasteiger partial charge is 0.473 e. The molecule has 2 atom stereocenters. The Balaban J connectivity index is 1.68. The highest BCUT2D eigenvalue weighted by Crippen LogP contribution is 2.44. The SMILES string of the molecule is CCC(=O)NCCN1C(=O)C(C)(COC)Oc2cc(C(F)(F)F)c(C(=O)N(C(C)C)[C@@H]3CCCN(C(=O)OCc4oc(=O)oc4C)C3)cc21. The minimum Gasteiger partial charge on any atom is -0.473 e. The van der Waals surface area contributed by atoms with E-state index in [4.69, 9.17) is 23.0 Å². The quantitative estimate of drug-likeness (QED) is 0.365. The van der Waals surface area contributed by atoms with Gasteiger partial charge < -0.3 is 43.1 Å². The summed E-state index contributed by atoms with van der Waals surface area (Å²) in [7, 11) is 1.32. The summed E-state index contributed by atoms with van der Waals surface area (Å²) in [5.74, 6) is -2.92. The Labute approximate surface area is 280 Å². The van der Waals surface area contributed by atoms with Crippen LogP contribution in [0.3, 0.4) is 0 Å². The maximum Gasteiger partial charge on any atom is 0.519 e. The predicted octanol–water partition coefficient (Wildman–Crippen LogP) is 3.87. The number of hydrogen-bond acceptors (Lipinski definition) is 10. The van der Waals surface area contributed by atoms with Crippen molar-refractivity contribution in [2.75, 3.05) is 44.8 Å². The van der Waals surface area contributed by atoms with Gasteiger partial charge in [0.05, 0.1) is 29.5 Å². The number of rotatable bonds is 11. The van der Waals surface area contributed by atoms with Gasteiger partial charge in [-0.15, -0.1) is 0 Å². The van der Waals surface area contributed by atoms with Crippen molar-refractivity contribution in [3.63, 3.8) is 0 Å². The monoisotopic (exact) mass is 698 g/mol. The summed E-state index contributed by atoms with van der Waals surface area (Å²) in [4.78, 5) is 67.9. The van der Waals surface area contributed by atoms with Crippen LogP contribution >= 0.6 is 0 Å². The van der Waals surface area contributed by atoms with E-state index < -0.39 is 58.7 Å². The molecule has 17 heteroatoms. The van der Waals surface area contributed by atoms with E-state index in [9.17, 15) is 37.1 Å². The summed E-state index contributed by atoms with van der Waals surface area (Å²) >= 11 is 0. The van der Waals surface area contributed by atoms with Gasteiger partial charge in [-0.2, -0.15) is 13.2 Å². The van der Waals surface area contributed by atoms with Gasteiger partial charge in [0.2, 0.25) is 11.5 Å². The fourth-order valence-electron chi connectivity index (χ4n) is 6.01. The number of likely N-dealkylation sites (tertiary alicyclic amines) is 1. The number of nitrogens with zero attached hydrogens (tertiary/aromatic N) is 3. The molecule has 0 radical (unpaired) electrons. The average Bonchev–Trinajstić information content (AvgIpc) is 3.36. The van der Waals surface area contributed by atoms with Crippen LogP contribution < -0.4 is 20.8 Å². The fourth-order valence-corrected chi connectivity index (χ4v) is 6.01. The Bertz CT molecular complexity index is 1620. The van der Waals surface area contributed by atoms with E-state index in [0.29, 0.717) is 18.9 Å². The summed E-state index contributed by atoms with van der Waals surface area (Å²) in [5, 5.41) is 2.65. The first-order valence-electron chi connectivity index (χ1n) is 15.9. The van der Waals surface area contributed by atoms with Crippen LogP contribution in [0.25, 0.3) is 0 Å². The summed E-state index contributed by atoms with van der Waals surface area (Å²) in [6.07, 6.45) is -4.77. The Morgan fingerprint density at radius 3 is 2.49 bits per heavy atom. The molecule has 3 heterocycles. The molecule has 1 aromatic carbocycles. The summed E-state index contributed by atoms with van der Waals surface area (Å²) < 4.78 is 69.9. The van der Waals surface area contributed by atoms with Crippen molar-refractivity contribution >= 4 is 29.5 Å². The molecule has 1 aromatic heterocycles. The number of hydrogen-bond donors (Lipinski definition) is 1. The third-order valence-electron chi connectivity index (χ3n) is 8.36. The number of methoxy groups -OCH3 is 1. The fraction of sp³-hybridized carbons (Fsp3) is 0.594. The maximum atomic E-state index is 14.7. The summed E-state index contributed by atoms with van der Waals surface area (Å²) in [6.45, 7) is 7.25. The standard InChI is InChI=1S/C32H41F3N4O10/c1-7-26(40)36-10-12-38-23-13-21(22(32(33,34)35)14-24(23)49-31(5,17-45-6)28(38)42)27(41)39(18(2)3)20-9-8-11-37(15-20)29(43)46-16-25-19(4)47-30(44)48-25/h13-14,18,20H,7-12,15-17H2,1-6H3,(H,36,40)/t20-,31?/m1/s1. The summed E-state index contributed by atoms with van der Waals surface area (Å²) in [5.41, 5.74) is -3.73. The molecule has 49 heavy (non-hydrogen) atoms. The zero-order valence-corrected chi connectivity index (χ0v) is 28.2. The second-order valence-electron chi connectivity index (χ2n) is 12.3. The van der Waals surface area contributed by atoms with Gasteiger partial charge in [-0.1, -0.05) is 6.92 Å². The second-order valence-corrected chi connectivity index (χ2v) is 12.3. The van der Waals surface area contributed by atoms with E-state index in [0.717, 1.165) is 6.07 Å². The number of benzene rings is 1. The van der Waals surface area contributed by atoms with Crippen LogP contribution in [0.2, 0.25) is 0 Å². The Morgan fingerprint density at radius 1 is 1.18 bits per heavy atom. The average molecular weight is 699 g/mol. The number of ether oxygens (including phenoxy) is 3. The lowest BCUT2D eigenvalue weighted by molar-refractivity contribution is -0.140. The van der Waals surface area contributed by atoms with E-state index in [1.807, 2.05) is 0 Å². The van der Waals surface area contributed by atoms with E-state index >= 15 is 0 Å². The molecule has 4 rings (SSSR count). The number of halogens is 3. The molecule has 0 saturated carbocycles. The van der Waals surface area contributed by atoms with Gasteiger partial charge in [0.15, 0.2) is 18.1 Å². The largest absolute Gasteiger partial charge is 0.519 e. The van der Waals surface area contributed by atoms with Crippen molar-refractivity contribution in [3.05, 3.63) is 45.4 Å². The number of fused-ring (bicyclic) bond motifs is 1. The van der Waals surface area contributed by atoms with Crippen LogP contribution in [0.15, 0.2) is 25.8 Å². The molecule has 1 N–H and O–H groups in total. The lowest BCUT2D eigenvalue weighted by Crippen LogP contribution is -2.58. The number of piperidine rings is 1. The molecule has 2 aliphatic heterocycles. The number of carbonyl (C=O) groups excluding carboxylic acids is 4. The van der Waals surface area contributed by atoms with Gasteiger partial charge in [-0.25, -0.2) is 9.59 Å². The highest BCUT2D eigenvalue weighted by molar-refractivity contribution is 6.05. The molecule has 0 aliphatic carbocycles. The van der Waals surface area contributed by atoms with Crippen LogP contribution in [0.1, 0.15) is 74.4 Å². The first-order chi connectivity index (χ1) is 23.0. The molecule has 2 aliphatic rings. The predicted molar refractivity (Wildman–Crippen MR) is 166 cm³/mol. The van der Waals surface area contributed by atoms with E-state index in [-0.39, 0.29) is 74.7 Å². The van der Waals surface area contributed by atoms with Crippen molar-refractivity contribution in [1.82, 2.24) is 15.1 Å². The van der Waals surface area contributed by atoms with Crippen molar-refractivity contribution < 1.29 is 55.4 Å². The van der Waals surface area contributed by atoms with E-state index in [2.05, 4.69) is 5.32 Å². The number of aryl methyl sites for hydroxylation is 1. The molecule has 0 spiro atoms. The highest BCUT2D eigenvalue weighted by atomic mass is 19.4. The van der Waals surface area contributed by atoms with Crippen molar-refractivity contribution in [2.45, 2.75) is 84.3 Å². The minimum absolute atomic E-state index is 0.0103. The molecular formula is C32H41F3N4O10. The Kier molecular flexibility index (Phi) is 11.4. The molecule has 14 nitrogen and oxygen atoms in total. The van der Waals surface area contributed by atoms with Gasteiger partial charge in [-0.05, 0) is 52.7 Å².